The summed E-state index contributed by atoms with van der Waals surface area (Å²) >= 11 is 0. The lowest BCUT2D eigenvalue weighted by atomic mass is 9.94. The molecule has 0 radical (unpaired) electrons. The number of aryl methyl sites for hydroxylation is 3. The van der Waals surface area contributed by atoms with Gasteiger partial charge in [0.1, 0.15) is 5.75 Å². The van der Waals surface area contributed by atoms with Gasteiger partial charge in [0, 0.05) is 18.0 Å². The predicted molar refractivity (Wildman–Crippen MR) is 115 cm³/mol. The van der Waals surface area contributed by atoms with Gasteiger partial charge in [0.05, 0.1) is 11.6 Å². The number of para-hydroxylation sites is 1. The maximum Gasteiger partial charge on any atom is 0.196 e. The molecule has 0 unspecified atom stereocenters. The molecule has 0 fully saturated rings. The normalized spacial score (nSPS) is 10.6. The summed E-state index contributed by atoms with van der Waals surface area (Å²) in [4.78, 5) is 20.2. The van der Waals surface area contributed by atoms with Crippen LogP contribution in [0.5, 0.6) is 5.75 Å². The third-order valence-corrected chi connectivity index (χ3v) is 4.94. The van der Waals surface area contributed by atoms with Crippen LogP contribution in [0.1, 0.15) is 59.3 Å². The first-order chi connectivity index (χ1) is 13.1. The van der Waals surface area contributed by atoms with E-state index >= 15 is 0 Å². The molecule has 0 N–H and O–H groups in total. The van der Waals surface area contributed by atoms with E-state index in [1.54, 1.807) is 0 Å². The van der Waals surface area contributed by atoms with Crippen molar-refractivity contribution in [1.29, 1.82) is 0 Å². The number of rotatable bonds is 3. The molecular weight excluding hydrogens is 348 g/mol. The Morgan fingerprint density at radius 2 is 1.43 bits per heavy atom. The van der Waals surface area contributed by atoms with Crippen molar-refractivity contribution in [2.75, 3.05) is 0 Å². The molecule has 3 rings (SSSR count). The first-order valence-corrected chi connectivity index (χ1v) is 9.60. The lowest BCUT2D eigenvalue weighted by molar-refractivity contribution is 0.100. The molecule has 3 aromatic rings. The highest BCUT2D eigenvalue weighted by Crippen LogP contribution is 2.29. The van der Waals surface area contributed by atoms with Crippen LogP contribution in [-0.2, 0) is 0 Å². The first kappa shape index (κ1) is 21.5. The molecular formula is C24H30N2O2. The molecule has 0 aliphatic rings. The minimum atomic E-state index is -0.0877. The number of ether oxygens (including phenoxy) is 1. The molecule has 0 aliphatic carbocycles. The van der Waals surface area contributed by atoms with Crippen molar-refractivity contribution < 1.29 is 9.53 Å². The van der Waals surface area contributed by atoms with Gasteiger partial charge in [-0.1, -0.05) is 18.2 Å². The summed E-state index contributed by atoms with van der Waals surface area (Å²) in [6, 6.07) is 9.84. The lowest BCUT2D eigenvalue weighted by Gasteiger charge is -2.15. The van der Waals surface area contributed by atoms with Gasteiger partial charge in [-0.25, -0.2) is 9.97 Å². The maximum absolute atomic E-state index is 11.5. The van der Waals surface area contributed by atoms with Gasteiger partial charge in [-0.2, -0.15) is 0 Å². The maximum atomic E-state index is 11.5. The van der Waals surface area contributed by atoms with Crippen LogP contribution < -0.4 is 4.74 Å². The van der Waals surface area contributed by atoms with Crippen LogP contribution in [0.15, 0.2) is 30.3 Å². The van der Waals surface area contributed by atoms with Crippen LogP contribution in [0.25, 0.3) is 10.9 Å². The highest BCUT2D eigenvalue weighted by molar-refractivity contribution is 5.95. The molecule has 1 aromatic heterocycles. The molecule has 0 aliphatic heterocycles. The van der Waals surface area contributed by atoms with Gasteiger partial charge in [0.2, 0.25) is 0 Å². The van der Waals surface area contributed by atoms with Gasteiger partial charge in [-0.3, -0.25) is 4.79 Å². The molecule has 4 nitrogen and oxygen atoms in total. The van der Waals surface area contributed by atoms with Crippen LogP contribution in [0.2, 0.25) is 0 Å². The Morgan fingerprint density at radius 1 is 0.857 bits per heavy atom. The van der Waals surface area contributed by atoms with E-state index < -0.39 is 0 Å². The van der Waals surface area contributed by atoms with E-state index in [1.165, 1.54) is 23.6 Å². The van der Waals surface area contributed by atoms with E-state index in [2.05, 4.69) is 37.7 Å². The number of Topliss-reactive ketones (excluding diaryl/α,β-unsaturated/α-hetero) is 1. The zero-order valence-corrected chi connectivity index (χ0v) is 18.2. The molecule has 148 valence electrons. The topological polar surface area (TPSA) is 52.1 Å². The van der Waals surface area contributed by atoms with Gasteiger partial charge in [-0.15, -0.1) is 0 Å². The Morgan fingerprint density at radius 3 is 1.96 bits per heavy atom. The Hall–Kier alpha value is -2.75. The Balaban J connectivity index is 0.000000237. The molecule has 1 heterocycles. The van der Waals surface area contributed by atoms with Crippen LogP contribution in [0.3, 0.4) is 0 Å². The van der Waals surface area contributed by atoms with Gasteiger partial charge < -0.3 is 4.74 Å². The summed E-state index contributed by atoms with van der Waals surface area (Å²) in [7, 11) is 0. The monoisotopic (exact) mass is 378 g/mol. The van der Waals surface area contributed by atoms with E-state index in [0.29, 0.717) is 5.82 Å². The molecule has 28 heavy (non-hydrogen) atoms. The summed E-state index contributed by atoms with van der Waals surface area (Å²) in [6.45, 7) is 15.9. The average Bonchev–Trinajstić information content (AvgIpc) is 2.64. The molecule has 0 atom stereocenters. The van der Waals surface area contributed by atoms with Crippen molar-refractivity contribution in [2.45, 2.75) is 61.5 Å². The number of benzene rings is 2. The number of nitrogens with zero attached hydrogens (tertiary/aromatic N) is 2. The number of ketones is 1. The molecule has 0 amide bonds. The fourth-order valence-corrected chi connectivity index (χ4v) is 3.15. The second-order valence-corrected chi connectivity index (χ2v) is 7.39. The van der Waals surface area contributed by atoms with E-state index in [9.17, 15) is 4.79 Å². The van der Waals surface area contributed by atoms with E-state index in [-0.39, 0.29) is 11.9 Å². The Kier molecular flexibility index (Phi) is 6.90. The second-order valence-electron chi connectivity index (χ2n) is 7.39. The number of fused-ring (bicyclic) bond motifs is 1. The van der Waals surface area contributed by atoms with E-state index in [0.717, 1.165) is 27.9 Å². The number of aromatic nitrogens is 2. The van der Waals surface area contributed by atoms with Crippen LogP contribution >= 0.6 is 0 Å². The van der Waals surface area contributed by atoms with Crippen molar-refractivity contribution in [3.63, 3.8) is 0 Å². The number of carbonyl (C=O) groups excluding carboxylic acids is 1. The van der Waals surface area contributed by atoms with Crippen LogP contribution in [0, 0.1) is 34.6 Å². The molecule has 0 saturated carbocycles. The van der Waals surface area contributed by atoms with Crippen molar-refractivity contribution in [3.8, 4) is 5.75 Å². The minimum absolute atomic E-state index is 0.0877. The number of hydrogen-bond donors (Lipinski definition) is 0. The first-order valence-electron chi connectivity index (χ1n) is 9.60. The zero-order chi connectivity index (χ0) is 21.0. The summed E-state index contributed by atoms with van der Waals surface area (Å²) < 4.78 is 5.41. The van der Waals surface area contributed by atoms with Crippen molar-refractivity contribution >= 4 is 16.7 Å². The summed E-state index contributed by atoms with van der Waals surface area (Å²) in [5.74, 6) is 1.17. The standard InChI is InChI=1S/C15H18N2O.C9H12O/c1-7-8(2)10(4)14-13(9(7)3)11(5)16-15(17-14)12(6)18;1-8(2)10-9-6-4-3-5-7-9/h1-6H3;3-8H,1-2H3. The Labute approximate surface area is 168 Å². The summed E-state index contributed by atoms with van der Waals surface area (Å²) in [5.41, 5.74) is 6.67. The minimum Gasteiger partial charge on any atom is -0.491 e. The molecule has 0 saturated heterocycles. The summed E-state index contributed by atoms with van der Waals surface area (Å²) in [6.07, 6.45) is 0.266. The van der Waals surface area contributed by atoms with Crippen LogP contribution in [0.4, 0.5) is 0 Å². The van der Waals surface area contributed by atoms with Gasteiger partial charge in [-0.05, 0) is 82.9 Å². The zero-order valence-electron chi connectivity index (χ0n) is 18.2. The molecule has 0 spiro atoms. The number of hydrogen-bond acceptors (Lipinski definition) is 4. The number of carbonyl (C=O) groups is 1. The third-order valence-electron chi connectivity index (χ3n) is 4.94. The van der Waals surface area contributed by atoms with E-state index in [4.69, 9.17) is 4.74 Å². The third kappa shape index (κ3) is 4.75. The Bertz CT molecular complexity index is 993. The van der Waals surface area contributed by atoms with Crippen LogP contribution in [-0.4, -0.2) is 21.9 Å². The van der Waals surface area contributed by atoms with Gasteiger partial charge in [0.15, 0.2) is 11.6 Å². The quantitative estimate of drug-likeness (QED) is 0.537. The summed E-state index contributed by atoms with van der Waals surface area (Å²) in [5, 5.41) is 1.08. The smallest absolute Gasteiger partial charge is 0.196 e. The molecule has 2 aromatic carbocycles. The van der Waals surface area contributed by atoms with Gasteiger partial charge in [0.25, 0.3) is 0 Å². The molecule has 4 heteroatoms. The lowest BCUT2D eigenvalue weighted by Crippen LogP contribution is -2.06. The van der Waals surface area contributed by atoms with Gasteiger partial charge >= 0.3 is 0 Å². The van der Waals surface area contributed by atoms with Crippen molar-refractivity contribution in [2.24, 2.45) is 0 Å². The molecule has 0 bridgehead atoms. The van der Waals surface area contributed by atoms with Crippen molar-refractivity contribution in [1.82, 2.24) is 9.97 Å². The fraction of sp³-hybridized carbons (Fsp3) is 0.375. The van der Waals surface area contributed by atoms with Crippen molar-refractivity contribution in [3.05, 3.63) is 64.1 Å². The predicted octanol–water partition coefficient (Wildman–Crippen LogP) is 5.85. The highest BCUT2D eigenvalue weighted by atomic mass is 16.5. The van der Waals surface area contributed by atoms with E-state index in [1.807, 2.05) is 51.1 Å². The average molecular weight is 379 g/mol. The second kappa shape index (κ2) is 8.96. The highest BCUT2D eigenvalue weighted by Gasteiger charge is 2.15. The largest absolute Gasteiger partial charge is 0.491 e. The fourth-order valence-electron chi connectivity index (χ4n) is 3.15. The SMILES string of the molecule is CC(=O)c1nc(C)c2c(C)c(C)c(C)c(C)c2n1.CC(C)Oc1ccccc1.